The van der Waals surface area contributed by atoms with Crippen molar-refractivity contribution in [3.8, 4) is 28.7 Å². The van der Waals surface area contributed by atoms with Gasteiger partial charge in [0, 0.05) is 11.6 Å². The van der Waals surface area contributed by atoms with Crippen LogP contribution in [0.1, 0.15) is 16.7 Å². The molecule has 0 amide bonds. The molecule has 8 nitrogen and oxygen atoms in total. The van der Waals surface area contributed by atoms with Crippen molar-refractivity contribution in [2.75, 3.05) is 33.2 Å². The summed E-state index contributed by atoms with van der Waals surface area (Å²) < 4.78 is 88.6. The lowest BCUT2D eigenvalue weighted by Gasteiger charge is -2.15. The Kier molecular flexibility index (Phi) is 8.12. The number of phenols is 1. The van der Waals surface area contributed by atoms with Gasteiger partial charge in [-0.1, -0.05) is 18.2 Å². The molecule has 3 aromatic carbocycles. The number of rotatable bonds is 9. The summed E-state index contributed by atoms with van der Waals surface area (Å²) in [4.78, 5) is -0.589. The second-order valence-corrected chi connectivity index (χ2v) is 9.22. The Bertz CT molecular complexity index is 1400. The number of alkyl halides is 3. The van der Waals surface area contributed by atoms with E-state index in [0.29, 0.717) is 28.9 Å². The van der Waals surface area contributed by atoms with Crippen molar-refractivity contribution in [2.24, 2.45) is 0 Å². The van der Waals surface area contributed by atoms with Crippen molar-refractivity contribution < 1.29 is 45.6 Å². The zero-order chi connectivity index (χ0) is 27.4. The van der Waals surface area contributed by atoms with E-state index in [4.69, 9.17) is 18.9 Å². The number of aromatic hydroxyl groups is 1. The number of methoxy groups -OCH3 is 4. The normalized spacial score (nSPS) is 11.9. The molecular weight excluding hydrogens is 515 g/mol. The topological polar surface area (TPSA) is 103 Å². The first-order chi connectivity index (χ1) is 17.4. The van der Waals surface area contributed by atoms with Crippen LogP contribution < -0.4 is 23.7 Å². The predicted octanol–water partition coefficient (Wildman–Crippen LogP) is 5.42. The Morgan fingerprint density at radius 2 is 1.46 bits per heavy atom. The highest BCUT2D eigenvalue weighted by Gasteiger charge is 2.31. The zero-order valence-electron chi connectivity index (χ0n) is 20.2. The van der Waals surface area contributed by atoms with E-state index in [0.717, 1.165) is 18.2 Å². The van der Waals surface area contributed by atoms with Gasteiger partial charge in [-0.15, -0.1) is 0 Å². The van der Waals surface area contributed by atoms with E-state index >= 15 is 0 Å². The Morgan fingerprint density at radius 3 is 2.00 bits per heavy atom. The average Bonchev–Trinajstić information content (AvgIpc) is 2.87. The highest BCUT2D eigenvalue weighted by atomic mass is 32.2. The minimum atomic E-state index is -4.72. The summed E-state index contributed by atoms with van der Waals surface area (Å²) in [5.74, 6) is 0.800. The van der Waals surface area contributed by atoms with Crippen LogP contribution in [0, 0.1) is 0 Å². The summed E-state index contributed by atoms with van der Waals surface area (Å²) in [5, 5.41) is 10.3. The number of anilines is 1. The number of halogens is 3. The van der Waals surface area contributed by atoms with Gasteiger partial charge < -0.3 is 24.1 Å². The van der Waals surface area contributed by atoms with Crippen molar-refractivity contribution in [3.63, 3.8) is 0 Å². The molecule has 0 saturated carbocycles. The van der Waals surface area contributed by atoms with Gasteiger partial charge in [-0.05, 0) is 42.0 Å². The van der Waals surface area contributed by atoms with Crippen LogP contribution in [-0.4, -0.2) is 42.0 Å². The first kappa shape index (κ1) is 27.5. The van der Waals surface area contributed by atoms with Crippen LogP contribution in [0.5, 0.6) is 28.7 Å². The van der Waals surface area contributed by atoms with Gasteiger partial charge in [0.1, 0.15) is 0 Å². The smallest absolute Gasteiger partial charge is 0.416 e. The standard InChI is InChI=1S/C25H24F3NO7S/c1-33-21-14-19(29-37(31,32)18-7-5-6-17(13-18)25(26,27)28)16(12-20(21)30)9-8-15-10-22(34-2)24(36-4)23(11-15)35-3/h5-14,29-30H,1-4H3. The largest absolute Gasteiger partial charge is 0.504 e. The number of phenolic OH excluding ortho intramolecular Hbond substituents is 1. The maximum atomic E-state index is 13.1. The second-order valence-electron chi connectivity index (χ2n) is 7.53. The minimum absolute atomic E-state index is 0.0456. The van der Waals surface area contributed by atoms with E-state index in [1.54, 1.807) is 18.2 Å². The van der Waals surface area contributed by atoms with Gasteiger partial charge in [0.2, 0.25) is 5.75 Å². The molecule has 0 aliphatic heterocycles. The molecule has 0 aliphatic rings. The van der Waals surface area contributed by atoms with Crippen molar-refractivity contribution >= 4 is 27.9 Å². The molecule has 3 aromatic rings. The van der Waals surface area contributed by atoms with Gasteiger partial charge >= 0.3 is 6.18 Å². The van der Waals surface area contributed by atoms with Gasteiger partial charge in [0.05, 0.1) is 44.6 Å². The first-order valence-corrected chi connectivity index (χ1v) is 12.0. The number of hydrogen-bond acceptors (Lipinski definition) is 7. The van der Waals surface area contributed by atoms with Crippen LogP contribution >= 0.6 is 0 Å². The summed E-state index contributed by atoms with van der Waals surface area (Å²) in [6.45, 7) is 0. The Morgan fingerprint density at radius 1 is 0.838 bits per heavy atom. The molecule has 0 unspecified atom stereocenters. The lowest BCUT2D eigenvalue weighted by atomic mass is 10.1. The molecule has 198 valence electrons. The number of nitrogens with one attached hydrogen (secondary N) is 1. The van der Waals surface area contributed by atoms with E-state index in [1.807, 2.05) is 0 Å². The quantitative estimate of drug-likeness (QED) is 0.277. The number of hydrogen-bond donors (Lipinski definition) is 2. The van der Waals surface area contributed by atoms with Gasteiger partial charge in [-0.25, -0.2) is 8.42 Å². The van der Waals surface area contributed by atoms with Gasteiger partial charge in [-0.2, -0.15) is 13.2 Å². The third-order valence-corrected chi connectivity index (χ3v) is 6.57. The molecule has 0 bridgehead atoms. The molecule has 0 saturated heterocycles. The van der Waals surface area contributed by atoms with Crippen LogP contribution in [0.25, 0.3) is 12.2 Å². The fourth-order valence-electron chi connectivity index (χ4n) is 3.40. The summed E-state index contributed by atoms with van der Waals surface area (Å²) in [6, 6.07) is 9.11. The molecule has 0 radical (unpaired) electrons. The number of benzene rings is 3. The zero-order valence-corrected chi connectivity index (χ0v) is 21.0. The molecule has 3 rings (SSSR count). The van der Waals surface area contributed by atoms with E-state index in [2.05, 4.69) is 4.72 Å². The van der Waals surface area contributed by atoms with E-state index in [-0.39, 0.29) is 22.7 Å². The molecular formula is C25H24F3NO7S. The van der Waals surface area contributed by atoms with Crippen LogP contribution in [0.4, 0.5) is 18.9 Å². The molecule has 0 atom stereocenters. The molecule has 0 aromatic heterocycles. The maximum Gasteiger partial charge on any atom is 0.416 e. The summed E-state index contributed by atoms with van der Waals surface area (Å²) in [7, 11) is 1.18. The number of sulfonamides is 1. The van der Waals surface area contributed by atoms with Gasteiger partial charge in [0.25, 0.3) is 10.0 Å². The van der Waals surface area contributed by atoms with Crippen LogP contribution in [0.3, 0.4) is 0 Å². The number of ether oxygens (including phenoxy) is 4. The highest BCUT2D eigenvalue weighted by Crippen LogP contribution is 2.39. The fourth-order valence-corrected chi connectivity index (χ4v) is 4.53. The van der Waals surface area contributed by atoms with Crippen molar-refractivity contribution in [1.82, 2.24) is 0 Å². The molecule has 2 N–H and O–H groups in total. The molecule has 0 heterocycles. The maximum absolute atomic E-state index is 13.1. The first-order valence-electron chi connectivity index (χ1n) is 10.5. The third-order valence-electron chi connectivity index (χ3n) is 5.21. The molecule has 0 spiro atoms. The van der Waals surface area contributed by atoms with Gasteiger partial charge in [-0.3, -0.25) is 4.72 Å². The average molecular weight is 540 g/mol. The van der Waals surface area contributed by atoms with Crippen molar-refractivity contribution in [3.05, 3.63) is 65.2 Å². The Labute approximate surface area is 211 Å². The van der Waals surface area contributed by atoms with E-state index < -0.39 is 26.7 Å². The van der Waals surface area contributed by atoms with E-state index in [9.17, 15) is 26.7 Å². The minimum Gasteiger partial charge on any atom is -0.504 e. The third kappa shape index (κ3) is 6.20. The van der Waals surface area contributed by atoms with Crippen molar-refractivity contribution in [1.29, 1.82) is 0 Å². The lowest BCUT2D eigenvalue weighted by Crippen LogP contribution is -2.15. The van der Waals surface area contributed by atoms with Gasteiger partial charge in [0.15, 0.2) is 23.0 Å². The Balaban J connectivity index is 2.06. The molecule has 0 aliphatic carbocycles. The van der Waals surface area contributed by atoms with E-state index in [1.165, 1.54) is 46.6 Å². The summed E-state index contributed by atoms with van der Waals surface area (Å²) >= 11 is 0. The summed E-state index contributed by atoms with van der Waals surface area (Å²) in [5.41, 5.74) is -0.379. The lowest BCUT2D eigenvalue weighted by molar-refractivity contribution is -0.137. The van der Waals surface area contributed by atoms with Crippen molar-refractivity contribution in [2.45, 2.75) is 11.1 Å². The fraction of sp³-hybridized carbons (Fsp3) is 0.200. The molecule has 0 fully saturated rings. The molecule has 37 heavy (non-hydrogen) atoms. The van der Waals surface area contributed by atoms with Crippen LogP contribution in [0.15, 0.2) is 53.4 Å². The monoisotopic (exact) mass is 539 g/mol. The predicted molar refractivity (Wildman–Crippen MR) is 132 cm³/mol. The summed E-state index contributed by atoms with van der Waals surface area (Å²) in [6.07, 6.45) is -1.64. The second kappa shape index (κ2) is 10.9. The Hall–Kier alpha value is -4.06. The SMILES string of the molecule is COc1cc(NS(=O)(=O)c2cccc(C(F)(F)F)c2)c(C=Cc2cc(OC)c(OC)c(OC)c2)cc1O. The van der Waals surface area contributed by atoms with Crippen LogP contribution in [-0.2, 0) is 16.2 Å². The molecule has 12 heteroatoms. The highest BCUT2D eigenvalue weighted by molar-refractivity contribution is 7.92. The van der Waals surface area contributed by atoms with Crippen LogP contribution in [0.2, 0.25) is 0 Å².